The van der Waals surface area contributed by atoms with Gasteiger partial charge in [-0.25, -0.2) is 0 Å². The van der Waals surface area contributed by atoms with Gasteiger partial charge in [-0.3, -0.25) is 4.79 Å². The molecular weight excluding hydrogens is 344 g/mol. The summed E-state index contributed by atoms with van der Waals surface area (Å²) in [6.07, 6.45) is -4.41. The highest BCUT2D eigenvalue weighted by molar-refractivity contribution is 7.14. The lowest BCUT2D eigenvalue weighted by Gasteiger charge is -2.06. The fourth-order valence-corrected chi connectivity index (χ4v) is 3.40. The van der Waals surface area contributed by atoms with E-state index in [2.05, 4.69) is 0 Å². The van der Waals surface area contributed by atoms with Gasteiger partial charge in [0, 0.05) is 16.3 Å². The van der Waals surface area contributed by atoms with Gasteiger partial charge in [0.05, 0.1) is 16.3 Å². The molecule has 0 atom stereocenters. The molecule has 1 aromatic carbocycles. The van der Waals surface area contributed by atoms with Crippen LogP contribution in [0.1, 0.15) is 31.2 Å². The Bertz CT molecular complexity index is 626. The van der Waals surface area contributed by atoms with Gasteiger partial charge in [-0.2, -0.15) is 13.2 Å². The monoisotopic (exact) mass is 352 g/mol. The van der Waals surface area contributed by atoms with E-state index >= 15 is 0 Å². The molecule has 21 heavy (non-hydrogen) atoms. The van der Waals surface area contributed by atoms with Gasteiger partial charge in [0.1, 0.15) is 0 Å². The van der Waals surface area contributed by atoms with Crippen molar-refractivity contribution in [2.75, 3.05) is 0 Å². The van der Waals surface area contributed by atoms with E-state index in [1.54, 1.807) is 6.07 Å². The highest BCUT2D eigenvalue weighted by Gasteiger charge is 2.30. The third-order valence-electron chi connectivity index (χ3n) is 2.86. The molecule has 0 aliphatic heterocycles. The minimum Gasteiger partial charge on any atom is -0.288 e. The Balaban J connectivity index is 2.30. The third-order valence-corrected chi connectivity index (χ3v) is 4.75. The van der Waals surface area contributed by atoms with Gasteiger partial charge < -0.3 is 0 Å². The maximum atomic E-state index is 12.5. The molecule has 0 aliphatic rings. The summed E-state index contributed by atoms with van der Waals surface area (Å²) in [7, 11) is 0. The van der Waals surface area contributed by atoms with Crippen LogP contribution >= 0.6 is 34.5 Å². The van der Waals surface area contributed by atoms with Crippen LogP contribution in [0.4, 0.5) is 13.2 Å². The van der Waals surface area contributed by atoms with Gasteiger partial charge in [0.2, 0.25) is 5.78 Å². The van der Waals surface area contributed by atoms with Crippen molar-refractivity contribution in [1.29, 1.82) is 0 Å². The van der Waals surface area contributed by atoms with Crippen LogP contribution in [0.5, 0.6) is 0 Å². The summed E-state index contributed by atoms with van der Waals surface area (Å²) in [5.41, 5.74) is 0.187. The van der Waals surface area contributed by atoms with E-state index in [4.69, 9.17) is 23.2 Å². The molecule has 0 bridgehead atoms. The number of rotatable bonds is 4. The van der Waals surface area contributed by atoms with E-state index in [0.29, 0.717) is 4.88 Å². The van der Waals surface area contributed by atoms with E-state index in [1.165, 1.54) is 23.5 Å². The van der Waals surface area contributed by atoms with Crippen molar-refractivity contribution in [3.8, 4) is 0 Å². The van der Waals surface area contributed by atoms with E-state index in [-0.39, 0.29) is 23.1 Å². The Morgan fingerprint density at radius 3 is 2.14 bits per heavy atom. The van der Waals surface area contributed by atoms with Gasteiger partial charge in [0.25, 0.3) is 0 Å². The maximum absolute atomic E-state index is 12.5. The summed E-state index contributed by atoms with van der Waals surface area (Å²) in [5.74, 6) is 0.141. The predicted octanol–water partition coefficient (Wildman–Crippen LogP) is 5.48. The normalized spacial score (nSPS) is 11.7. The van der Waals surface area contributed by atoms with Gasteiger partial charge in [-0.1, -0.05) is 12.1 Å². The number of hydrogen-bond donors (Lipinski definition) is 0. The summed E-state index contributed by atoms with van der Waals surface area (Å²) >= 11 is 12.7. The highest BCUT2D eigenvalue weighted by atomic mass is 35.5. The van der Waals surface area contributed by atoms with Gasteiger partial charge >= 0.3 is 6.18 Å². The van der Waals surface area contributed by atoms with Crippen LogP contribution in [0.2, 0.25) is 0 Å². The zero-order valence-electron chi connectivity index (χ0n) is 10.5. The summed E-state index contributed by atoms with van der Waals surface area (Å²) in [5, 5.41) is 0. The molecule has 0 radical (unpaired) electrons. The number of carbonyl (C=O) groups is 1. The SMILES string of the molecule is O=C(c1ccc(C(F)(F)F)cc1)c1cc(CCl)c(CCl)s1. The molecule has 0 aliphatic carbocycles. The van der Waals surface area contributed by atoms with Crippen LogP contribution < -0.4 is 0 Å². The summed E-state index contributed by atoms with van der Waals surface area (Å²) in [6, 6.07) is 5.77. The number of thiophene rings is 1. The van der Waals surface area contributed by atoms with E-state index in [0.717, 1.165) is 22.6 Å². The Morgan fingerprint density at radius 2 is 1.71 bits per heavy atom. The molecule has 2 rings (SSSR count). The maximum Gasteiger partial charge on any atom is 0.416 e. The first kappa shape index (κ1) is 16.3. The lowest BCUT2D eigenvalue weighted by atomic mass is 10.1. The second-order valence-corrected chi connectivity index (χ2v) is 5.90. The molecule has 0 fully saturated rings. The Kier molecular flexibility index (Phi) is 4.96. The largest absolute Gasteiger partial charge is 0.416 e. The highest BCUT2D eigenvalue weighted by Crippen LogP contribution is 2.31. The zero-order chi connectivity index (χ0) is 15.6. The summed E-state index contributed by atoms with van der Waals surface area (Å²) in [6.45, 7) is 0. The lowest BCUT2D eigenvalue weighted by Crippen LogP contribution is -2.06. The average Bonchev–Trinajstić information content (AvgIpc) is 2.89. The molecule has 0 N–H and O–H groups in total. The number of carbonyl (C=O) groups excluding carboxylic acids is 1. The summed E-state index contributed by atoms with van der Waals surface area (Å²) in [4.78, 5) is 13.5. The minimum absolute atomic E-state index is 0.200. The Labute approximate surface area is 133 Å². The van der Waals surface area contributed by atoms with Crippen LogP contribution in [0.15, 0.2) is 30.3 Å². The van der Waals surface area contributed by atoms with Crippen molar-refractivity contribution in [1.82, 2.24) is 0 Å². The van der Waals surface area contributed by atoms with Crippen LogP contribution in [-0.4, -0.2) is 5.78 Å². The zero-order valence-corrected chi connectivity index (χ0v) is 12.8. The smallest absolute Gasteiger partial charge is 0.288 e. The van der Waals surface area contributed by atoms with Gasteiger partial charge in [0.15, 0.2) is 0 Å². The molecule has 1 heterocycles. The van der Waals surface area contributed by atoms with Crippen molar-refractivity contribution in [3.05, 3.63) is 56.8 Å². The van der Waals surface area contributed by atoms with Crippen LogP contribution in [-0.2, 0) is 17.9 Å². The second kappa shape index (κ2) is 6.38. The lowest BCUT2D eigenvalue weighted by molar-refractivity contribution is -0.137. The molecular formula is C14H9Cl2F3OS. The second-order valence-electron chi connectivity index (χ2n) is 4.23. The van der Waals surface area contributed by atoms with E-state index < -0.39 is 11.7 Å². The standard InChI is InChI=1S/C14H9Cl2F3OS/c15-6-9-5-11(21-12(9)7-16)13(20)8-1-3-10(4-2-8)14(17,18)19/h1-5H,6-7H2. The number of benzene rings is 1. The molecule has 1 nitrogen and oxygen atoms in total. The number of hydrogen-bond acceptors (Lipinski definition) is 2. The van der Waals surface area contributed by atoms with E-state index in [9.17, 15) is 18.0 Å². The molecule has 7 heteroatoms. The van der Waals surface area contributed by atoms with Crippen molar-refractivity contribution >= 4 is 40.3 Å². The first-order valence-corrected chi connectivity index (χ1v) is 7.71. The molecule has 0 saturated heterocycles. The average molecular weight is 353 g/mol. The quantitative estimate of drug-likeness (QED) is 0.526. The van der Waals surface area contributed by atoms with Gasteiger partial charge in [-0.05, 0) is 23.8 Å². The molecule has 2 aromatic rings. The van der Waals surface area contributed by atoms with E-state index in [1.807, 2.05) is 0 Å². The predicted molar refractivity (Wildman–Crippen MR) is 78.3 cm³/mol. The van der Waals surface area contributed by atoms with Crippen LogP contribution in [0.3, 0.4) is 0 Å². The molecule has 0 amide bonds. The van der Waals surface area contributed by atoms with Crippen LogP contribution in [0.25, 0.3) is 0 Å². The first-order valence-electron chi connectivity index (χ1n) is 5.82. The van der Waals surface area contributed by atoms with Crippen molar-refractivity contribution < 1.29 is 18.0 Å². The minimum atomic E-state index is -4.41. The third kappa shape index (κ3) is 3.59. The molecule has 1 aromatic heterocycles. The van der Waals surface area contributed by atoms with Gasteiger partial charge in [-0.15, -0.1) is 34.5 Å². The Hall–Kier alpha value is -1.04. The topological polar surface area (TPSA) is 17.1 Å². The molecule has 0 saturated carbocycles. The van der Waals surface area contributed by atoms with Crippen molar-refractivity contribution in [2.24, 2.45) is 0 Å². The number of halogens is 5. The number of alkyl halides is 5. The molecule has 0 spiro atoms. The molecule has 0 unspecified atom stereocenters. The molecule has 112 valence electrons. The first-order chi connectivity index (χ1) is 9.86. The van der Waals surface area contributed by atoms with Crippen molar-refractivity contribution in [3.63, 3.8) is 0 Å². The summed E-state index contributed by atoms with van der Waals surface area (Å²) < 4.78 is 37.4. The Morgan fingerprint density at radius 1 is 1.10 bits per heavy atom. The fraction of sp³-hybridized carbons (Fsp3) is 0.214. The van der Waals surface area contributed by atoms with Crippen molar-refractivity contribution in [2.45, 2.75) is 17.9 Å². The fourth-order valence-electron chi connectivity index (χ4n) is 1.76. The number of ketones is 1. The van der Waals surface area contributed by atoms with Crippen LogP contribution in [0, 0.1) is 0 Å².